The van der Waals surface area contributed by atoms with Gasteiger partial charge in [0.15, 0.2) is 0 Å². The molecule has 1 aromatic rings. The Morgan fingerprint density at radius 1 is 1.47 bits per heavy atom. The summed E-state index contributed by atoms with van der Waals surface area (Å²) in [4.78, 5) is 2.32. The highest BCUT2D eigenvalue weighted by Crippen LogP contribution is 2.27. The van der Waals surface area contributed by atoms with E-state index < -0.39 is 0 Å². The van der Waals surface area contributed by atoms with Crippen LogP contribution in [-0.2, 0) is 0 Å². The van der Waals surface area contributed by atoms with E-state index in [9.17, 15) is 4.39 Å². The highest BCUT2D eigenvalue weighted by atomic mass is 79.9. The Balaban J connectivity index is 2.11. The molecule has 1 heterocycles. The second-order valence-corrected chi connectivity index (χ2v) is 5.56. The molecule has 0 bridgehead atoms. The van der Waals surface area contributed by atoms with Gasteiger partial charge in [0.2, 0.25) is 0 Å². The van der Waals surface area contributed by atoms with Crippen molar-refractivity contribution in [3.05, 3.63) is 28.5 Å². The van der Waals surface area contributed by atoms with Gasteiger partial charge in [-0.1, -0.05) is 6.92 Å². The molecule has 2 rings (SSSR count). The molecule has 1 N–H and O–H groups in total. The summed E-state index contributed by atoms with van der Waals surface area (Å²) in [6.07, 6.45) is 1.13. The maximum atomic E-state index is 13.2. The minimum atomic E-state index is -0.202. The molecular weight excluding hydrogens is 283 g/mol. The first-order valence-electron chi connectivity index (χ1n) is 5.99. The predicted molar refractivity (Wildman–Crippen MR) is 72.9 cm³/mol. The molecule has 0 amide bonds. The van der Waals surface area contributed by atoms with Crippen molar-refractivity contribution in [3.8, 4) is 0 Å². The highest BCUT2D eigenvalue weighted by molar-refractivity contribution is 9.10. The van der Waals surface area contributed by atoms with Crippen LogP contribution in [0.3, 0.4) is 0 Å². The molecule has 4 heteroatoms. The molecule has 2 unspecified atom stereocenters. The van der Waals surface area contributed by atoms with Gasteiger partial charge in [-0.2, -0.15) is 0 Å². The number of hydrogen-bond acceptors (Lipinski definition) is 2. The third-order valence-electron chi connectivity index (χ3n) is 3.54. The maximum Gasteiger partial charge on any atom is 0.137 e. The summed E-state index contributed by atoms with van der Waals surface area (Å²) in [5.41, 5.74) is 1.10. The molecule has 17 heavy (non-hydrogen) atoms. The van der Waals surface area contributed by atoms with Gasteiger partial charge in [0.25, 0.3) is 0 Å². The summed E-state index contributed by atoms with van der Waals surface area (Å²) >= 11 is 3.24. The maximum absolute atomic E-state index is 13.2. The summed E-state index contributed by atoms with van der Waals surface area (Å²) in [5.74, 6) is 0.407. The van der Waals surface area contributed by atoms with Crippen molar-refractivity contribution in [2.45, 2.75) is 19.4 Å². The predicted octanol–water partition coefficient (Wildman–Crippen LogP) is 3.02. The van der Waals surface area contributed by atoms with E-state index in [4.69, 9.17) is 0 Å². The number of nitrogens with one attached hydrogen (secondary N) is 1. The molecule has 0 spiro atoms. The molecular formula is C13H18BrFN2. The zero-order valence-electron chi connectivity index (χ0n) is 10.2. The standard InChI is InChI=1S/C13H18BrFN2/c1-9-8-17(6-5-13(9)16-2)10-3-4-12(15)11(14)7-10/h3-4,7,9,13,16H,5-6,8H2,1-2H3. The number of halogens is 2. The summed E-state index contributed by atoms with van der Waals surface area (Å²) in [7, 11) is 2.02. The van der Waals surface area contributed by atoms with Crippen molar-refractivity contribution < 1.29 is 4.39 Å². The molecule has 1 aliphatic rings. The Morgan fingerprint density at radius 3 is 2.82 bits per heavy atom. The van der Waals surface area contributed by atoms with Crippen LogP contribution in [0.2, 0.25) is 0 Å². The van der Waals surface area contributed by atoms with E-state index in [1.165, 1.54) is 6.07 Å². The second kappa shape index (κ2) is 5.36. The first-order chi connectivity index (χ1) is 8.11. The van der Waals surface area contributed by atoms with Crippen LogP contribution in [0.1, 0.15) is 13.3 Å². The van der Waals surface area contributed by atoms with Crippen molar-refractivity contribution in [1.29, 1.82) is 0 Å². The van der Waals surface area contributed by atoms with E-state index in [1.807, 2.05) is 19.2 Å². The lowest BCUT2D eigenvalue weighted by Crippen LogP contribution is -2.47. The van der Waals surface area contributed by atoms with Crippen LogP contribution in [0, 0.1) is 11.7 Å². The number of piperidine rings is 1. The fourth-order valence-corrected chi connectivity index (χ4v) is 2.86. The van der Waals surface area contributed by atoms with Gasteiger partial charge < -0.3 is 10.2 Å². The minimum absolute atomic E-state index is 0.202. The molecule has 0 radical (unpaired) electrons. The SMILES string of the molecule is CNC1CCN(c2ccc(F)c(Br)c2)CC1C. The summed E-state index contributed by atoms with van der Waals surface area (Å²) in [5, 5.41) is 3.35. The fourth-order valence-electron chi connectivity index (χ4n) is 2.49. The molecule has 2 nitrogen and oxygen atoms in total. The van der Waals surface area contributed by atoms with E-state index in [1.54, 1.807) is 0 Å². The summed E-state index contributed by atoms with van der Waals surface area (Å²) in [6, 6.07) is 5.83. The zero-order chi connectivity index (χ0) is 12.4. The fraction of sp³-hybridized carbons (Fsp3) is 0.538. The van der Waals surface area contributed by atoms with Gasteiger partial charge in [-0.05, 0) is 53.5 Å². The summed E-state index contributed by atoms with van der Waals surface area (Å²) in [6.45, 7) is 4.30. The molecule has 1 fully saturated rings. The number of anilines is 1. The van der Waals surface area contributed by atoms with E-state index in [-0.39, 0.29) is 5.82 Å². The van der Waals surface area contributed by atoms with Crippen molar-refractivity contribution >= 4 is 21.6 Å². The third-order valence-corrected chi connectivity index (χ3v) is 4.15. The average molecular weight is 301 g/mol. The van der Waals surface area contributed by atoms with E-state index >= 15 is 0 Å². The van der Waals surface area contributed by atoms with Gasteiger partial charge in [0.05, 0.1) is 4.47 Å². The van der Waals surface area contributed by atoms with Crippen molar-refractivity contribution in [2.24, 2.45) is 5.92 Å². The largest absolute Gasteiger partial charge is 0.371 e. The van der Waals surface area contributed by atoms with Crippen LogP contribution in [0.25, 0.3) is 0 Å². The van der Waals surface area contributed by atoms with Crippen molar-refractivity contribution in [3.63, 3.8) is 0 Å². The normalized spacial score (nSPS) is 25.1. The number of benzene rings is 1. The Hall–Kier alpha value is -0.610. The van der Waals surface area contributed by atoms with Crippen LogP contribution in [-0.4, -0.2) is 26.2 Å². The Labute approximate surface area is 110 Å². The van der Waals surface area contributed by atoms with Gasteiger partial charge in [-0.25, -0.2) is 4.39 Å². The lowest BCUT2D eigenvalue weighted by Gasteiger charge is -2.38. The van der Waals surface area contributed by atoms with Crippen LogP contribution in [0.5, 0.6) is 0 Å². The molecule has 0 aliphatic carbocycles. The first kappa shape index (κ1) is 12.8. The van der Waals surface area contributed by atoms with Crippen LogP contribution in [0.15, 0.2) is 22.7 Å². The second-order valence-electron chi connectivity index (χ2n) is 4.71. The number of hydrogen-bond donors (Lipinski definition) is 1. The lowest BCUT2D eigenvalue weighted by atomic mass is 9.93. The van der Waals surface area contributed by atoms with Crippen LogP contribution >= 0.6 is 15.9 Å². The smallest absolute Gasteiger partial charge is 0.137 e. The van der Waals surface area contributed by atoms with E-state index in [2.05, 4.69) is 33.1 Å². The third kappa shape index (κ3) is 2.80. The van der Waals surface area contributed by atoms with E-state index in [0.717, 1.165) is 25.2 Å². The molecule has 1 aliphatic heterocycles. The number of nitrogens with zero attached hydrogens (tertiary/aromatic N) is 1. The molecule has 2 atom stereocenters. The van der Waals surface area contributed by atoms with Crippen molar-refractivity contribution in [1.82, 2.24) is 5.32 Å². The molecule has 94 valence electrons. The molecule has 1 saturated heterocycles. The first-order valence-corrected chi connectivity index (χ1v) is 6.78. The lowest BCUT2D eigenvalue weighted by molar-refractivity contribution is 0.339. The highest BCUT2D eigenvalue weighted by Gasteiger charge is 2.25. The van der Waals surface area contributed by atoms with Gasteiger partial charge in [-0.3, -0.25) is 0 Å². The minimum Gasteiger partial charge on any atom is -0.371 e. The molecule has 0 aromatic heterocycles. The van der Waals surface area contributed by atoms with Crippen molar-refractivity contribution in [2.75, 3.05) is 25.0 Å². The topological polar surface area (TPSA) is 15.3 Å². The molecule has 0 saturated carbocycles. The van der Waals surface area contributed by atoms with Gasteiger partial charge >= 0.3 is 0 Å². The quantitative estimate of drug-likeness (QED) is 0.903. The van der Waals surface area contributed by atoms with Crippen LogP contribution in [0.4, 0.5) is 10.1 Å². The zero-order valence-corrected chi connectivity index (χ0v) is 11.8. The Morgan fingerprint density at radius 2 is 2.24 bits per heavy atom. The number of rotatable bonds is 2. The van der Waals surface area contributed by atoms with Crippen LogP contribution < -0.4 is 10.2 Å². The Bertz CT molecular complexity index is 397. The van der Waals surface area contributed by atoms with Gasteiger partial charge in [-0.15, -0.1) is 0 Å². The van der Waals surface area contributed by atoms with Gasteiger partial charge in [0, 0.05) is 24.8 Å². The summed E-state index contributed by atoms with van der Waals surface area (Å²) < 4.78 is 13.7. The average Bonchev–Trinajstić information content (AvgIpc) is 2.32. The monoisotopic (exact) mass is 300 g/mol. The van der Waals surface area contributed by atoms with Gasteiger partial charge in [0.1, 0.15) is 5.82 Å². The Kier molecular flexibility index (Phi) is 4.05. The van der Waals surface area contributed by atoms with E-state index in [0.29, 0.717) is 16.4 Å². The molecule has 1 aromatic carbocycles.